The molecule has 0 atom stereocenters. The summed E-state index contributed by atoms with van der Waals surface area (Å²) in [5.74, 6) is -0.304. The van der Waals surface area contributed by atoms with Crippen molar-refractivity contribution < 1.29 is 9.90 Å². The second-order valence-electron chi connectivity index (χ2n) is 6.31. The highest BCUT2D eigenvalue weighted by Gasteiger charge is 2.14. The van der Waals surface area contributed by atoms with Crippen molar-refractivity contribution in [2.24, 2.45) is 0 Å². The Bertz CT molecular complexity index is 1120. The fraction of sp³-hybridized carbons (Fsp3) is 0.0435. The molecule has 0 spiro atoms. The first-order valence-corrected chi connectivity index (χ1v) is 10.00. The maximum atomic E-state index is 11.0. The minimum absolute atomic E-state index is 0.273. The predicted molar refractivity (Wildman–Crippen MR) is 114 cm³/mol. The summed E-state index contributed by atoms with van der Waals surface area (Å²) in [5, 5.41) is 18.4. The van der Waals surface area contributed by atoms with Crippen LogP contribution in [0.2, 0.25) is 0 Å². The average Bonchev–Trinajstić information content (AvgIpc) is 2.79. The zero-order valence-electron chi connectivity index (χ0n) is 15.4. The molecule has 142 valence electrons. The van der Waals surface area contributed by atoms with E-state index in [9.17, 15) is 4.79 Å². The molecule has 0 amide bonds. The Hall–Kier alpha value is -3.51. The highest BCUT2D eigenvalue weighted by atomic mass is 32.2. The average molecular weight is 399 g/mol. The topological polar surface area (TPSA) is 76.0 Å². The van der Waals surface area contributed by atoms with Crippen LogP contribution in [0, 0.1) is 0 Å². The Morgan fingerprint density at radius 3 is 1.93 bits per heavy atom. The van der Waals surface area contributed by atoms with Crippen LogP contribution in [0.4, 0.5) is 0 Å². The van der Waals surface area contributed by atoms with Crippen molar-refractivity contribution in [2.75, 3.05) is 0 Å². The van der Waals surface area contributed by atoms with Gasteiger partial charge in [0.05, 0.1) is 5.56 Å². The maximum absolute atomic E-state index is 11.0. The number of carbonyl (C=O) groups is 1. The second-order valence-corrected chi connectivity index (χ2v) is 7.26. The number of benzene rings is 3. The summed E-state index contributed by atoms with van der Waals surface area (Å²) in [4.78, 5) is 15.8. The van der Waals surface area contributed by atoms with Gasteiger partial charge in [-0.3, -0.25) is 0 Å². The number of aromatic nitrogens is 3. The summed E-state index contributed by atoms with van der Waals surface area (Å²) < 4.78 is 0. The van der Waals surface area contributed by atoms with Crippen LogP contribution in [0.3, 0.4) is 0 Å². The van der Waals surface area contributed by atoms with Crippen LogP contribution >= 0.6 is 11.8 Å². The van der Waals surface area contributed by atoms with Crippen LogP contribution in [0.1, 0.15) is 15.9 Å². The monoisotopic (exact) mass is 399 g/mol. The van der Waals surface area contributed by atoms with Crippen molar-refractivity contribution in [2.45, 2.75) is 10.9 Å². The molecule has 0 bridgehead atoms. The lowest BCUT2D eigenvalue weighted by atomic mass is 10.0. The van der Waals surface area contributed by atoms with Crippen LogP contribution in [0.5, 0.6) is 0 Å². The van der Waals surface area contributed by atoms with Crippen LogP contribution < -0.4 is 0 Å². The Balaban J connectivity index is 1.62. The molecule has 6 heteroatoms. The standard InChI is InChI=1S/C23H17N3O2S/c27-22(28)19-13-11-16(12-14-19)15-29-23-24-20(17-7-3-1-4-8-17)21(25-26-23)18-9-5-2-6-10-18/h1-14H,15H2,(H,27,28). The van der Waals surface area contributed by atoms with E-state index in [0.717, 1.165) is 28.1 Å². The van der Waals surface area contributed by atoms with E-state index in [1.165, 1.54) is 11.8 Å². The largest absolute Gasteiger partial charge is 0.478 e. The lowest BCUT2D eigenvalue weighted by Crippen LogP contribution is -1.99. The SMILES string of the molecule is O=C(O)c1ccc(CSc2nnc(-c3ccccc3)c(-c3ccccc3)n2)cc1. The van der Waals surface area contributed by atoms with Gasteiger partial charge in [-0.15, -0.1) is 10.2 Å². The van der Waals surface area contributed by atoms with Crippen LogP contribution in [0.25, 0.3) is 22.5 Å². The Labute approximate surface area is 172 Å². The van der Waals surface area contributed by atoms with Gasteiger partial charge in [0, 0.05) is 16.9 Å². The predicted octanol–water partition coefficient (Wildman–Crippen LogP) is 5.20. The number of hydrogen-bond acceptors (Lipinski definition) is 5. The van der Waals surface area contributed by atoms with Gasteiger partial charge in [0.25, 0.3) is 0 Å². The summed E-state index contributed by atoms with van der Waals surface area (Å²) >= 11 is 1.47. The summed E-state index contributed by atoms with van der Waals surface area (Å²) in [6.45, 7) is 0. The highest BCUT2D eigenvalue weighted by Crippen LogP contribution is 2.30. The Morgan fingerprint density at radius 2 is 1.34 bits per heavy atom. The lowest BCUT2D eigenvalue weighted by molar-refractivity contribution is 0.0697. The molecule has 3 aromatic carbocycles. The minimum Gasteiger partial charge on any atom is -0.478 e. The van der Waals surface area contributed by atoms with Crippen molar-refractivity contribution in [3.8, 4) is 22.5 Å². The van der Waals surface area contributed by atoms with Crippen molar-refractivity contribution in [1.82, 2.24) is 15.2 Å². The number of hydrogen-bond donors (Lipinski definition) is 1. The minimum atomic E-state index is -0.930. The molecule has 1 N–H and O–H groups in total. The first kappa shape index (κ1) is 18.8. The van der Waals surface area contributed by atoms with Crippen LogP contribution in [-0.4, -0.2) is 26.3 Å². The first-order chi connectivity index (χ1) is 14.2. The number of aromatic carboxylic acids is 1. The molecule has 4 rings (SSSR count). The molecule has 0 saturated carbocycles. The molecule has 0 fully saturated rings. The molecule has 1 heterocycles. The van der Waals surface area contributed by atoms with E-state index in [4.69, 9.17) is 10.1 Å². The van der Waals surface area contributed by atoms with Crippen molar-refractivity contribution in [1.29, 1.82) is 0 Å². The molecule has 0 unspecified atom stereocenters. The molecule has 0 aliphatic carbocycles. The van der Waals surface area contributed by atoms with E-state index < -0.39 is 5.97 Å². The summed E-state index contributed by atoms with van der Waals surface area (Å²) in [5.41, 5.74) is 4.75. The van der Waals surface area contributed by atoms with E-state index in [1.807, 2.05) is 60.7 Å². The third kappa shape index (κ3) is 4.50. The van der Waals surface area contributed by atoms with Crippen molar-refractivity contribution in [3.05, 3.63) is 96.1 Å². The molecule has 0 aliphatic heterocycles. The fourth-order valence-corrected chi connectivity index (χ4v) is 3.59. The smallest absolute Gasteiger partial charge is 0.335 e. The van der Waals surface area contributed by atoms with E-state index in [1.54, 1.807) is 24.3 Å². The molecular weight excluding hydrogens is 382 g/mol. The zero-order chi connectivity index (χ0) is 20.1. The Kier molecular flexibility index (Phi) is 5.63. The summed E-state index contributed by atoms with van der Waals surface area (Å²) in [7, 11) is 0. The molecule has 0 aliphatic rings. The maximum Gasteiger partial charge on any atom is 0.335 e. The summed E-state index contributed by atoms with van der Waals surface area (Å²) in [6, 6.07) is 26.6. The number of carboxylic acid groups (broad SMARTS) is 1. The van der Waals surface area contributed by atoms with Gasteiger partial charge in [0.1, 0.15) is 11.4 Å². The van der Waals surface area contributed by atoms with Gasteiger partial charge in [0.2, 0.25) is 5.16 Å². The van der Waals surface area contributed by atoms with Gasteiger partial charge in [-0.25, -0.2) is 9.78 Å². The third-order valence-corrected chi connectivity index (χ3v) is 5.24. The van der Waals surface area contributed by atoms with E-state index in [2.05, 4.69) is 10.2 Å². The van der Waals surface area contributed by atoms with Crippen molar-refractivity contribution in [3.63, 3.8) is 0 Å². The van der Waals surface area contributed by atoms with E-state index >= 15 is 0 Å². The van der Waals surface area contributed by atoms with Gasteiger partial charge in [0.15, 0.2) is 0 Å². The van der Waals surface area contributed by atoms with Gasteiger partial charge >= 0.3 is 5.97 Å². The first-order valence-electron chi connectivity index (χ1n) is 9.01. The zero-order valence-corrected chi connectivity index (χ0v) is 16.2. The van der Waals surface area contributed by atoms with Gasteiger partial charge in [-0.1, -0.05) is 84.6 Å². The van der Waals surface area contributed by atoms with Crippen LogP contribution in [0.15, 0.2) is 90.1 Å². The van der Waals surface area contributed by atoms with Gasteiger partial charge in [-0.05, 0) is 17.7 Å². The molecule has 0 radical (unpaired) electrons. The van der Waals surface area contributed by atoms with E-state index in [0.29, 0.717) is 10.9 Å². The second kappa shape index (κ2) is 8.67. The number of thioether (sulfide) groups is 1. The summed E-state index contributed by atoms with van der Waals surface area (Å²) in [6.07, 6.45) is 0. The van der Waals surface area contributed by atoms with Gasteiger partial charge < -0.3 is 5.11 Å². The van der Waals surface area contributed by atoms with E-state index in [-0.39, 0.29) is 5.56 Å². The fourth-order valence-electron chi connectivity index (χ4n) is 2.85. The Morgan fingerprint density at radius 1 is 0.759 bits per heavy atom. The molecule has 5 nitrogen and oxygen atoms in total. The quantitative estimate of drug-likeness (QED) is 0.449. The molecule has 29 heavy (non-hydrogen) atoms. The highest BCUT2D eigenvalue weighted by molar-refractivity contribution is 7.98. The molecule has 0 saturated heterocycles. The number of nitrogens with zero attached hydrogens (tertiary/aromatic N) is 3. The lowest BCUT2D eigenvalue weighted by Gasteiger charge is -2.09. The number of rotatable bonds is 6. The normalized spacial score (nSPS) is 10.6. The molecule has 4 aromatic rings. The molecule has 1 aromatic heterocycles. The molecular formula is C23H17N3O2S. The van der Waals surface area contributed by atoms with Crippen LogP contribution in [-0.2, 0) is 5.75 Å². The number of carboxylic acids is 1. The van der Waals surface area contributed by atoms with Gasteiger partial charge in [-0.2, -0.15) is 0 Å². The third-order valence-electron chi connectivity index (χ3n) is 4.33. The van der Waals surface area contributed by atoms with Crippen molar-refractivity contribution >= 4 is 17.7 Å².